The molecule has 0 unspecified atom stereocenters. The average Bonchev–Trinajstić information content (AvgIpc) is 3.27. The molecule has 0 aliphatic carbocycles. The molecule has 0 fully saturated rings. The second-order valence-corrected chi connectivity index (χ2v) is 7.44. The van der Waals surface area contributed by atoms with Crippen LogP contribution in [0, 0.1) is 18.3 Å². The highest BCUT2D eigenvalue weighted by atomic mass is 32.2. The minimum Gasteiger partial charge on any atom is -0.462 e. The van der Waals surface area contributed by atoms with Gasteiger partial charge >= 0.3 is 0 Å². The SMILES string of the molecule is Cc1ccc(C=CC(=O)Nc2nnc(SCc3ccc(C#N)cc3)s2)o1. The first kappa shape index (κ1) is 17.9. The molecule has 0 spiro atoms. The van der Waals surface area contributed by atoms with Gasteiger partial charge in [-0.2, -0.15) is 5.26 Å². The normalized spacial score (nSPS) is 10.8. The zero-order chi connectivity index (χ0) is 18.4. The molecule has 3 aromatic rings. The zero-order valence-electron chi connectivity index (χ0n) is 13.8. The Labute approximate surface area is 158 Å². The van der Waals surface area contributed by atoms with E-state index in [1.807, 2.05) is 25.1 Å². The number of nitrogens with zero attached hydrogens (tertiary/aromatic N) is 3. The minimum atomic E-state index is -0.293. The first-order valence-electron chi connectivity index (χ1n) is 7.63. The van der Waals surface area contributed by atoms with Crippen LogP contribution in [0.3, 0.4) is 0 Å². The lowest BCUT2D eigenvalue weighted by molar-refractivity contribution is -0.111. The number of amides is 1. The summed E-state index contributed by atoms with van der Waals surface area (Å²) in [5.74, 6) is 1.83. The van der Waals surface area contributed by atoms with Crippen LogP contribution in [-0.4, -0.2) is 16.1 Å². The van der Waals surface area contributed by atoms with E-state index in [2.05, 4.69) is 21.6 Å². The molecule has 0 atom stereocenters. The summed E-state index contributed by atoms with van der Waals surface area (Å²) in [4.78, 5) is 11.9. The van der Waals surface area contributed by atoms with Crippen LogP contribution in [0.2, 0.25) is 0 Å². The van der Waals surface area contributed by atoms with E-state index in [1.54, 1.807) is 24.3 Å². The molecule has 8 heteroatoms. The van der Waals surface area contributed by atoms with Crippen molar-refractivity contribution in [3.05, 3.63) is 65.1 Å². The van der Waals surface area contributed by atoms with E-state index in [9.17, 15) is 4.79 Å². The number of carbonyl (C=O) groups is 1. The summed E-state index contributed by atoms with van der Waals surface area (Å²) >= 11 is 2.84. The summed E-state index contributed by atoms with van der Waals surface area (Å²) < 4.78 is 6.12. The van der Waals surface area contributed by atoms with E-state index in [-0.39, 0.29) is 5.91 Å². The zero-order valence-corrected chi connectivity index (χ0v) is 15.4. The van der Waals surface area contributed by atoms with Gasteiger partial charge in [0, 0.05) is 11.8 Å². The maximum Gasteiger partial charge on any atom is 0.250 e. The largest absolute Gasteiger partial charge is 0.462 e. The summed E-state index contributed by atoms with van der Waals surface area (Å²) in [7, 11) is 0. The molecule has 3 rings (SSSR count). The summed E-state index contributed by atoms with van der Waals surface area (Å²) in [6.45, 7) is 1.84. The van der Waals surface area contributed by atoms with Crippen molar-refractivity contribution in [3.8, 4) is 6.07 Å². The van der Waals surface area contributed by atoms with Crippen LogP contribution in [0.5, 0.6) is 0 Å². The van der Waals surface area contributed by atoms with Crippen LogP contribution in [0.1, 0.15) is 22.6 Å². The van der Waals surface area contributed by atoms with Crippen LogP contribution in [0.4, 0.5) is 5.13 Å². The molecule has 26 heavy (non-hydrogen) atoms. The number of hydrogen-bond donors (Lipinski definition) is 1. The van der Waals surface area contributed by atoms with Crippen LogP contribution < -0.4 is 5.32 Å². The van der Waals surface area contributed by atoms with Gasteiger partial charge in [0.2, 0.25) is 11.0 Å². The fourth-order valence-corrected chi connectivity index (χ4v) is 3.70. The Balaban J connectivity index is 1.51. The van der Waals surface area contributed by atoms with Crippen molar-refractivity contribution >= 4 is 40.2 Å². The molecule has 1 N–H and O–H groups in total. The molecule has 0 saturated heterocycles. The number of rotatable bonds is 6. The smallest absolute Gasteiger partial charge is 0.250 e. The Hall–Kier alpha value is -2.89. The highest BCUT2D eigenvalue weighted by Gasteiger charge is 2.07. The number of nitrogens with one attached hydrogen (secondary N) is 1. The van der Waals surface area contributed by atoms with Gasteiger partial charge in [-0.3, -0.25) is 10.1 Å². The Morgan fingerprint density at radius 2 is 2.12 bits per heavy atom. The molecular weight excluding hydrogens is 368 g/mol. The lowest BCUT2D eigenvalue weighted by atomic mass is 10.2. The number of hydrogen-bond acceptors (Lipinski definition) is 7. The van der Waals surface area contributed by atoms with Crippen LogP contribution in [0.25, 0.3) is 6.08 Å². The third-order valence-corrected chi connectivity index (χ3v) is 5.29. The molecule has 0 aliphatic heterocycles. The minimum absolute atomic E-state index is 0.293. The van der Waals surface area contributed by atoms with Crippen molar-refractivity contribution in [2.75, 3.05) is 5.32 Å². The van der Waals surface area contributed by atoms with Gasteiger partial charge in [0.15, 0.2) is 4.34 Å². The first-order chi connectivity index (χ1) is 12.6. The van der Waals surface area contributed by atoms with Gasteiger partial charge in [-0.25, -0.2) is 0 Å². The Kier molecular flexibility index (Phi) is 5.84. The molecule has 2 heterocycles. The number of nitriles is 1. The number of thioether (sulfide) groups is 1. The third kappa shape index (κ3) is 5.05. The maximum atomic E-state index is 11.9. The molecule has 130 valence electrons. The fraction of sp³-hybridized carbons (Fsp3) is 0.111. The number of carbonyl (C=O) groups excluding carboxylic acids is 1. The number of benzene rings is 1. The molecule has 1 aromatic carbocycles. The van der Waals surface area contributed by atoms with E-state index < -0.39 is 0 Å². The monoisotopic (exact) mass is 382 g/mol. The van der Waals surface area contributed by atoms with Gasteiger partial charge in [0.25, 0.3) is 0 Å². The highest BCUT2D eigenvalue weighted by molar-refractivity contribution is 8.00. The predicted molar refractivity (Wildman–Crippen MR) is 102 cm³/mol. The van der Waals surface area contributed by atoms with Crippen LogP contribution in [0.15, 0.2) is 51.2 Å². The number of furan rings is 1. The van der Waals surface area contributed by atoms with Gasteiger partial charge in [0.1, 0.15) is 11.5 Å². The van der Waals surface area contributed by atoms with Gasteiger partial charge < -0.3 is 4.42 Å². The fourth-order valence-electron chi connectivity index (χ4n) is 1.99. The molecule has 0 saturated carbocycles. The second-order valence-electron chi connectivity index (χ2n) is 5.24. The van der Waals surface area contributed by atoms with Crippen molar-refractivity contribution in [2.24, 2.45) is 0 Å². The van der Waals surface area contributed by atoms with E-state index in [4.69, 9.17) is 9.68 Å². The molecular formula is C18H14N4O2S2. The molecule has 6 nitrogen and oxygen atoms in total. The summed E-state index contributed by atoms with van der Waals surface area (Å²) in [6.07, 6.45) is 2.99. The van der Waals surface area contributed by atoms with Crippen LogP contribution >= 0.6 is 23.1 Å². The standard InChI is InChI=1S/C18H14N4O2S2/c1-12-2-7-15(24-12)8-9-16(23)20-17-21-22-18(26-17)25-11-14-5-3-13(10-19)4-6-14/h2-9H,11H2,1H3,(H,20,21,23). The van der Waals surface area contributed by atoms with Crippen molar-refractivity contribution in [2.45, 2.75) is 17.0 Å². The Morgan fingerprint density at radius 1 is 1.31 bits per heavy atom. The summed E-state index contributed by atoms with van der Waals surface area (Å²) in [5, 5.41) is 20.0. The molecule has 0 bridgehead atoms. The molecule has 2 aromatic heterocycles. The van der Waals surface area contributed by atoms with Gasteiger partial charge in [-0.05, 0) is 42.8 Å². The van der Waals surface area contributed by atoms with E-state index in [0.717, 1.165) is 15.7 Å². The molecule has 0 radical (unpaired) electrons. The maximum absolute atomic E-state index is 11.9. The predicted octanol–water partition coefficient (Wildman–Crippen LogP) is 4.26. The van der Waals surface area contributed by atoms with E-state index in [0.29, 0.717) is 22.2 Å². The third-order valence-electron chi connectivity index (χ3n) is 3.24. The van der Waals surface area contributed by atoms with E-state index in [1.165, 1.54) is 29.2 Å². The van der Waals surface area contributed by atoms with Gasteiger partial charge in [0.05, 0.1) is 11.6 Å². The summed E-state index contributed by atoms with van der Waals surface area (Å²) in [5.41, 5.74) is 1.73. The Morgan fingerprint density at radius 3 is 2.81 bits per heavy atom. The molecule has 0 aliphatic rings. The first-order valence-corrected chi connectivity index (χ1v) is 9.43. The number of anilines is 1. The Bertz CT molecular complexity index is 968. The van der Waals surface area contributed by atoms with Crippen LogP contribution in [-0.2, 0) is 10.5 Å². The topological polar surface area (TPSA) is 91.8 Å². The van der Waals surface area contributed by atoms with Crippen molar-refractivity contribution in [1.82, 2.24) is 10.2 Å². The highest BCUT2D eigenvalue weighted by Crippen LogP contribution is 2.28. The molecule has 1 amide bonds. The van der Waals surface area contributed by atoms with Crippen molar-refractivity contribution in [1.29, 1.82) is 5.26 Å². The van der Waals surface area contributed by atoms with Gasteiger partial charge in [-0.15, -0.1) is 10.2 Å². The number of aromatic nitrogens is 2. The van der Waals surface area contributed by atoms with Gasteiger partial charge in [-0.1, -0.05) is 35.2 Å². The quantitative estimate of drug-likeness (QED) is 0.389. The second kappa shape index (κ2) is 8.47. The van der Waals surface area contributed by atoms with Crippen molar-refractivity contribution in [3.63, 3.8) is 0 Å². The lowest BCUT2D eigenvalue weighted by Crippen LogP contribution is -2.07. The lowest BCUT2D eigenvalue weighted by Gasteiger charge is -1.98. The van der Waals surface area contributed by atoms with E-state index >= 15 is 0 Å². The summed E-state index contributed by atoms with van der Waals surface area (Å²) in [6, 6.07) is 13.1. The van der Waals surface area contributed by atoms with Crippen molar-refractivity contribution < 1.29 is 9.21 Å². The average molecular weight is 382 g/mol. The number of aryl methyl sites for hydroxylation is 1.